The van der Waals surface area contributed by atoms with Gasteiger partial charge in [0.1, 0.15) is 0 Å². The van der Waals surface area contributed by atoms with Crippen LogP contribution in [0.5, 0.6) is 11.5 Å². The van der Waals surface area contributed by atoms with Crippen LogP contribution in [-0.2, 0) is 4.79 Å². The highest BCUT2D eigenvalue weighted by Gasteiger charge is 2.29. The molecule has 0 saturated carbocycles. The van der Waals surface area contributed by atoms with Crippen molar-refractivity contribution in [2.24, 2.45) is 5.10 Å². The lowest BCUT2D eigenvalue weighted by molar-refractivity contribution is -0.114. The van der Waals surface area contributed by atoms with Crippen LogP contribution in [0.2, 0.25) is 5.02 Å². The molecule has 8 heteroatoms. The number of benzene rings is 2. The van der Waals surface area contributed by atoms with E-state index in [1.54, 1.807) is 37.3 Å². The maximum absolute atomic E-state index is 12.9. The second-order valence-electron chi connectivity index (χ2n) is 5.95. The molecule has 1 aliphatic heterocycles. The molecule has 0 unspecified atom stereocenters. The van der Waals surface area contributed by atoms with E-state index < -0.39 is 5.97 Å². The summed E-state index contributed by atoms with van der Waals surface area (Å²) in [6.07, 6.45) is 1.65. The molecule has 0 aliphatic carbocycles. The molecule has 2 aromatic rings. The Kier molecular flexibility index (Phi) is 5.37. The number of methoxy groups -OCH3 is 2. The zero-order valence-corrected chi connectivity index (χ0v) is 16.1. The SMILES string of the molecule is COc1cc(/C=C2\C(=O)N(c3cccc(C(=O)O)c3)N=C2C)cc(Cl)c1OC. The fourth-order valence-electron chi connectivity index (χ4n) is 2.82. The lowest BCUT2D eigenvalue weighted by Gasteiger charge is -2.12. The summed E-state index contributed by atoms with van der Waals surface area (Å²) >= 11 is 6.23. The van der Waals surface area contributed by atoms with Gasteiger partial charge in [-0.1, -0.05) is 17.7 Å². The number of carboxylic acids is 1. The van der Waals surface area contributed by atoms with Crippen molar-refractivity contribution >= 4 is 41.0 Å². The summed E-state index contributed by atoms with van der Waals surface area (Å²) in [6, 6.07) is 9.39. The molecule has 1 aliphatic rings. The van der Waals surface area contributed by atoms with Crippen LogP contribution in [0.4, 0.5) is 5.69 Å². The number of ether oxygens (including phenoxy) is 2. The predicted octanol–water partition coefficient (Wildman–Crippen LogP) is 3.86. The minimum atomic E-state index is -1.08. The van der Waals surface area contributed by atoms with Crippen molar-refractivity contribution in [2.75, 3.05) is 19.2 Å². The molecular weight excluding hydrogens is 384 g/mol. The van der Waals surface area contributed by atoms with E-state index in [1.165, 1.54) is 31.4 Å². The average Bonchev–Trinajstić information content (AvgIpc) is 2.95. The number of carbonyl (C=O) groups is 2. The standard InChI is InChI=1S/C20H17ClN2O5/c1-11-15(7-12-8-16(21)18(28-3)17(9-12)27-2)19(24)23(22-11)14-6-4-5-13(10-14)20(25)26/h4-10H,1-3H3,(H,25,26)/b15-7-. The topological polar surface area (TPSA) is 88.4 Å². The normalized spacial score (nSPS) is 15.0. The molecule has 28 heavy (non-hydrogen) atoms. The number of hydrogen-bond donors (Lipinski definition) is 1. The summed E-state index contributed by atoms with van der Waals surface area (Å²) in [6.45, 7) is 1.70. The van der Waals surface area contributed by atoms with Gasteiger partial charge < -0.3 is 14.6 Å². The van der Waals surface area contributed by atoms with Gasteiger partial charge in [-0.15, -0.1) is 0 Å². The zero-order valence-electron chi connectivity index (χ0n) is 15.4. The van der Waals surface area contributed by atoms with Crippen LogP contribution < -0.4 is 14.5 Å². The first-order valence-corrected chi connectivity index (χ1v) is 8.60. The van der Waals surface area contributed by atoms with Crippen molar-refractivity contribution in [1.82, 2.24) is 0 Å². The van der Waals surface area contributed by atoms with E-state index in [1.807, 2.05) is 0 Å². The number of hydrazone groups is 1. The highest BCUT2D eigenvalue weighted by molar-refractivity contribution is 6.33. The highest BCUT2D eigenvalue weighted by Crippen LogP contribution is 2.37. The van der Waals surface area contributed by atoms with Crippen LogP contribution in [0.1, 0.15) is 22.8 Å². The van der Waals surface area contributed by atoms with E-state index in [4.69, 9.17) is 26.2 Å². The Bertz CT molecular complexity index is 1030. The van der Waals surface area contributed by atoms with Gasteiger partial charge in [0.25, 0.3) is 5.91 Å². The fourth-order valence-corrected chi connectivity index (χ4v) is 3.11. The Balaban J connectivity index is 1.98. The minimum absolute atomic E-state index is 0.0715. The van der Waals surface area contributed by atoms with E-state index in [0.717, 1.165) is 0 Å². The molecule has 0 bridgehead atoms. The number of hydrogen-bond acceptors (Lipinski definition) is 5. The molecule has 144 valence electrons. The summed E-state index contributed by atoms with van der Waals surface area (Å²) in [4.78, 5) is 24.0. The first kappa shape index (κ1) is 19.4. The van der Waals surface area contributed by atoms with Crippen molar-refractivity contribution in [2.45, 2.75) is 6.92 Å². The molecule has 1 N–H and O–H groups in total. The smallest absolute Gasteiger partial charge is 0.335 e. The third-order valence-corrected chi connectivity index (χ3v) is 4.45. The summed E-state index contributed by atoms with van der Waals surface area (Å²) in [5.74, 6) is -0.606. The van der Waals surface area contributed by atoms with Crippen molar-refractivity contribution < 1.29 is 24.2 Å². The van der Waals surface area contributed by atoms with Gasteiger partial charge in [0.15, 0.2) is 11.5 Å². The van der Waals surface area contributed by atoms with Gasteiger partial charge in [0.05, 0.1) is 41.8 Å². The van der Waals surface area contributed by atoms with E-state index in [-0.39, 0.29) is 11.5 Å². The predicted molar refractivity (Wildman–Crippen MR) is 107 cm³/mol. The van der Waals surface area contributed by atoms with Crippen LogP contribution in [-0.4, -0.2) is 36.9 Å². The summed E-state index contributed by atoms with van der Waals surface area (Å²) in [5, 5.41) is 14.9. The second-order valence-corrected chi connectivity index (χ2v) is 6.36. The Morgan fingerprint density at radius 1 is 1.21 bits per heavy atom. The molecule has 0 fully saturated rings. The van der Waals surface area contributed by atoms with Crippen molar-refractivity contribution in [3.8, 4) is 11.5 Å². The number of aromatic carboxylic acids is 1. The monoisotopic (exact) mass is 400 g/mol. The van der Waals surface area contributed by atoms with E-state index in [0.29, 0.717) is 39.1 Å². The Morgan fingerprint density at radius 2 is 1.96 bits per heavy atom. The molecule has 1 heterocycles. The van der Waals surface area contributed by atoms with E-state index in [9.17, 15) is 9.59 Å². The van der Waals surface area contributed by atoms with E-state index in [2.05, 4.69) is 5.10 Å². The molecule has 7 nitrogen and oxygen atoms in total. The molecule has 0 aromatic heterocycles. The fraction of sp³-hybridized carbons (Fsp3) is 0.150. The highest BCUT2D eigenvalue weighted by atomic mass is 35.5. The largest absolute Gasteiger partial charge is 0.493 e. The zero-order chi connectivity index (χ0) is 20.4. The summed E-state index contributed by atoms with van der Waals surface area (Å²) < 4.78 is 10.5. The Labute approximate surface area is 166 Å². The van der Waals surface area contributed by atoms with Gasteiger partial charge in [-0.3, -0.25) is 4.79 Å². The maximum atomic E-state index is 12.9. The number of anilines is 1. The third-order valence-electron chi connectivity index (χ3n) is 4.17. The Morgan fingerprint density at radius 3 is 2.61 bits per heavy atom. The van der Waals surface area contributed by atoms with Crippen molar-refractivity contribution in [1.29, 1.82) is 0 Å². The molecule has 0 spiro atoms. The molecule has 2 aromatic carbocycles. The molecule has 1 amide bonds. The molecular formula is C20H17ClN2O5. The van der Waals surface area contributed by atoms with Crippen LogP contribution in [0, 0.1) is 0 Å². The lowest BCUT2D eigenvalue weighted by atomic mass is 10.1. The van der Waals surface area contributed by atoms with Crippen LogP contribution in [0.25, 0.3) is 6.08 Å². The number of carbonyl (C=O) groups excluding carboxylic acids is 1. The number of carboxylic acid groups (broad SMARTS) is 1. The van der Waals surface area contributed by atoms with Crippen LogP contribution in [0.3, 0.4) is 0 Å². The van der Waals surface area contributed by atoms with Gasteiger partial charge in [-0.05, 0) is 48.9 Å². The number of rotatable bonds is 5. The van der Waals surface area contributed by atoms with E-state index >= 15 is 0 Å². The van der Waals surface area contributed by atoms with Gasteiger partial charge in [-0.2, -0.15) is 10.1 Å². The lowest BCUT2D eigenvalue weighted by Crippen LogP contribution is -2.21. The first-order chi connectivity index (χ1) is 13.3. The number of amides is 1. The number of nitrogens with zero attached hydrogens (tertiary/aromatic N) is 2. The van der Waals surface area contributed by atoms with Crippen LogP contribution in [0.15, 0.2) is 47.1 Å². The van der Waals surface area contributed by atoms with Crippen LogP contribution >= 0.6 is 11.6 Å². The quantitative estimate of drug-likeness (QED) is 0.770. The Hall–Kier alpha value is -3.32. The summed E-state index contributed by atoms with van der Waals surface area (Å²) in [7, 11) is 2.98. The average molecular weight is 401 g/mol. The van der Waals surface area contributed by atoms with Gasteiger partial charge >= 0.3 is 5.97 Å². The van der Waals surface area contributed by atoms with Crippen molar-refractivity contribution in [3.05, 3.63) is 58.1 Å². The van der Waals surface area contributed by atoms with Gasteiger partial charge in [-0.25, -0.2) is 4.79 Å². The molecule has 0 saturated heterocycles. The molecule has 0 radical (unpaired) electrons. The molecule has 0 atom stereocenters. The van der Waals surface area contributed by atoms with Gasteiger partial charge in [0, 0.05) is 0 Å². The van der Waals surface area contributed by atoms with Crippen molar-refractivity contribution in [3.63, 3.8) is 0 Å². The molecule has 3 rings (SSSR count). The summed E-state index contributed by atoms with van der Waals surface area (Å²) in [5.41, 5.74) is 1.95. The first-order valence-electron chi connectivity index (χ1n) is 8.22. The minimum Gasteiger partial charge on any atom is -0.493 e. The van der Waals surface area contributed by atoms with Gasteiger partial charge in [0.2, 0.25) is 0 Å². The number of halogens is 1. The maximum Gasteiger partial charge on any atom is 0.335 e. The third kappa shape index (κ3) is 3.57. The second kappa shape index (κ2) is 7.74.